The smallest absolute Gasteiger partial charge is 0.0520 e. The molecule has 0 aliphatic heterocycles. The Bertz CT molecular complexity index is 520. The summed E-state index contributed by atoms with van der Waals surface area (Å²) in [6.07, 6.45) is 1.89. The van der Waals surface area contributed by atoms with Gasteiger partial charge in [-0.1, -0.05) is 49.4 Å². The molecule has 0 spiro atoms. The van der Waals surface area contributed by atoms with Crippen molar-refractivity contribution in [3.63, 3.8) is 0 Å². The second-order valence-corrected chi connectivity index (χ2v) is 4.72. The van der Waals surface area contributed by atoms with Gasteiger partial charge in [-0.15, -0.1) is 0 Å². The first kappa shape index (κ1) is 13.6. The predicted molar refractivity (Wildman–Crippen MR) is 80.4 cm³/mol. The van der Waals surface area contributed by atoms with Gasteiger partial charge in [0, 0.05) is 5.69 Å². The predicted octanol–water partition coefficient (Wildman–Crippen LogP) is 2.58. The van der Waals surface area contributed by atoms with Crippen LogP contribution < -0.4 is 17.0 Å². The standard InChI is InChI=1S/C16H21N3/c1-2-12-7-9-13(10-8-12)11-16(19-18)14-5-3-4-6-15(14)17/h3-10,16,19H,2,11,17-18H2,1H3. The topological polar surface area (TPSA) is 64.1 Å². The Morgan fingerprint density at radius 2 is 1.63 bits per heavy atom. The lowest BCUT2D eigenvalue weighted by molar-refractivity contribution is 0.553. The summed E-state index contributed by atoms with van der Waals surface area (Å²) in [5, 5.41) is 0. The molecule has 0 radical (unpaired) electrons. The van der Waals surface area contributed by atoms with Crippen LogP contribution in [-0.2, 0) is 12.8 Å². The molecule has 1 atom stereocenters. The number of hydrazine groups is 1. The highest BCUT2D eigenvalue weighted by Gasteiger charge is 2.12. The maximum atomic E-state index is 6.00. The first-order valence-electron chi connectivity index (χ1n) is 6.63. The zero-order valence-corrected chi connectivity index (χ0v) is 11.3. The Kier molecular flexibility index (Phi) is 4.55. The van der Waals surface area contributed by atoms with Gasteiger partial charge in [-0.05, 0) is 35.6 Å². The number of nitrogens with two attached hydrogens (primary N) is 2. The van der Waals surface area contributed by atoms with Gasteiger partial charge >= 0.3 is 0 Å². The molecule has 3 nitrogen and oxygen atoms in total. The molecule has 0 saturated heterocycles. The van der Waals surface area contributed by atoms with Crippen molar-refractivity contribution in [1.82, 2.24) is 5.43 Å². The highest BCUT2D eigenvalue weighted by molar-refractivity contribution is 5.48. The third-order valence-electron chi connectivity index (χ3n) is 3.44. The maximum Gasteiger partial charge on any atom is 0.0520 e. The molecule has 2 aromatic rings. The number of rotatable bonds is 5. The molecular formula is C16H21N3. The van der Waals surface area contributed by atoms with E-state index in [4.69, 9.17) is 11.6 Å². The normalized spacial score (nSPS) is 12.3. The van der Waals surface area contributed by atoms with Crippen LogP contribution in [-0.4, -0.2) is 0 Å². The van der Waals surface area contributed by atoms with Crippen molar-refractivity contribution in [3.8, 4) is 0 Å². The number of aryl methyl sites for hydroxylation is 1. The third-order valence-corrected chi connectivity index (χ3v) is 3.44. The van der Waals surface area contributed by atoms with Gasteiger partial charge in [0.15, 0.2) is 0 Å². The molecule has 0 heterocycles. The lowest BCUT2D eigenvalue weighted by Crippen LogP contribution is -2.30. The van der Waals surface area contributed by atoms with Crippen molar-refractivity contribution >= 4 is 5.69 Å². The van der Waals surface area contributed by atoms with Crippen molar-refractivity contribution in [1.29, 1.82) is 0 Å². The van der Waals surface area contributed by atoms with Gasteiger partial charge in [0.05, 0.1) is 6.04 Å². The highest BCUT2D eigenvalue weighted by Crippen LogP contribution is 2.23. The van der Waals surface area contributed by atoms with Gasteiger partial charge < -0.3 is 5.73 Å². The Morgan fingerprint density at radius 3 is 2.21 bits per heavy atom. The summed E-state index contributed by atoms with van der Waals surface area (Å²) in [6.45, 7) is 2.16. The summed E-state index contributed by atoms with van der Waals surface area (Å²) in [6, 6.07) is 16.5. The van der Waals surface area contributed by atoms with Crippen molar-refractivity contribution in [2.75, 3.05) is 5.73 Å². The van der Waals surface area contributed by atoms with E-state index in [1.165, 1.54) is 11.1 Å². The first-order valence-corrected chi connectivity index (χ1v) is 6.63. The first-order chi connectivity index (χ1) is 9.24. The molecule has 0 aromatic heterocycles. The Hall–Kier alpha value is -1.84. The highest BCUT2D eigenvalue weighted by atomic mass is 15.2. The van der Waals surface area contributed by atoms with E-state index in [0.717, 1.165) is 24.1 Å². The lowest BCUT2D eigenvalue weighted by Gasteiger charge is -2.18. The number of benzene rings is 2. The molecule has 0 aliphatic carbocycles. The monoisotopic (exact) mass is 255 g/mol. The Labute approximate surface area is 114 Å². The second kappa shape index (κ2) is 6.36. The van der Waals surface area contributed by atoms with E-state index in [1.807, 2.05) is 24.3 Å². The molecule has 0 bridgehead atoms. The van der Waals surface area contributed by atoms with E-state index in [-0.39, 0.29) is 6.04 Å². The Morgan fingerprint density at radius 1 is 1.00 bits per heavy atom. The average Bonchev–Trinajstić information content (AvgIpc) is 2.46. The molecule has 19 heavy (non-hydrogen) atoms. The van der Waals surface area contributed by atoms with Crippen LogP contribution in [0.1, 0.15) is 29.7 Å². The Balaban J connectivity index is 2.17. The van der Waals surface area contributed by atoms with E-state index in [1.54, 1.807) is 0 Å². The SMILES string of the molecule is CCc1ccc(CC(NN)c2ccccc2N)cc1. The van der Waals surface area contributed by atoms with Crippen LogP contribution in [0.4, 0.5) is 5.69 Å². The second-order valence-electron chi connectivity index (χ2n) is 4.72. The summed E-state index contributed by atoms with van der Waals surface area (Å²) in [5.74, 6) is 5.67. The lowest BCUT2D eigenvalue weighted by atomic mass is 9.97. The van der Waals surface area contributed by atoms with E-state index in [2.05, 4.69) is 36.6 Å². The van der Waals surface area contributed by atoms with E-state index in [9.17, 15) is 0 Å². The van der Waals surface area contributed by atoms with Crippen molar-refractivity contribution < 1.29 is 0 Å². The molecule has 100 valence electrons. The molecule has 2 rings (SSSR count). The maximum absolute atomic E-state index is 6.00. The van der Waals surface area contributed by atoms with Crippen LogP contribution >= 0.6 is 0 Å². The van der Waals surface area contributed by atoms with Crippen molar-refractivity contribution in [2.45, 2.75) is 25.8 Å². The molecule has 0 amide bonds. The molecule has 0 aliphatic rings. The van der Waals surface area contributed by atoms with Crippen LogP contribution in [0, 0.1) is 0 Å². The van der Waals surface area contributed by atoms with Gasteiger partial charge in [0.25, 0.3) is 0 Å². The molecule has 1 unspecified atom stereocenters. The van der Waals surface area contributed by atoms with Gasteiger partial charge in [0.1, 0.15) is 0 Å². The van der Waals surface area contributed by atoms with E-state index >= 15 is 0 Å². The number of nitrogen functional groups attached to an aromatic ring is 1. The zero-order valence-electron chi connectivity index (χ0n) is 11.3. The summed E-state index contributed by atoms with van der Waals surface area (Å²) in [4.78, 5) is 0. The minimum Gasteiger partial charge on any atom is -0.398 e. The fourth-order valence-electron chi connectivity index (χ4n) is 2.23. The number of nitrogens with one attached hydrogen (secondary N) is 1. The van der Waals surface area contributed by atoms with Gasteiger partial charge in [0.2, 0.25) is 0 Å². The van der Waals surface area contributed by atoms with Crippen LogP contribution in [0.2, 0.25) is 0 Å². The number of anilines is 1. The van der Waals surface area contributed by atoms with E-state index < -0.39 is 0 Å². The molecule has 0 saturated carbocycles. The fourth-order valence-corrected chi connectivity index (χ4v) is 2.23. The third kappa shape index (κ3) is 3.34. The van der Waals surface area contributed by atoms with Crippen molar-refractivity contribution in [2.24, 2.45) is 5.84 Å². The fraction of sp³-hybridized carbons (Fsp3) is 0.250. The van der Waals surface area contributed by atoms with Crippen LogP contribution in [0.3, 0.4) is 0 Å². The van der Waals surface area contributed by atoms with Gasteiger partial charge in [-0.2, -0.15) is 0 Å². The van der Waals surface area contributed by atoms with Crippen LogP contribution in [0.5, 0.6) is 0 Å². The average molecular weight is 255 g/mol. The van der Waals surface area contributed by atoms with Gasteiger partial charge in [-0.25, -0.2) is 0 Å². The summed E-state index contributed by atoms with van der Waals surface area (Å²) in [7, 11) is 0. The van der Waals surface area contributed by atoms with Crippen LogP contribution in [0.15, 0.2) is 48.5 Å². The van der Waals surface area contributed by atoms with Gasteiger partial charge in [-0.3, -0.25) is 11.3 Å². The van der Waals surface area contributed by atoms with E-state index in [0.29, 0.717) is 0 Å². The number of hydrogen-bond donors (Lipinski definition) is 3. The zero-order chi connectivity index (χ0) is 13.7. The summed E-state index contributed by atoms with van der Waals surface area (Å²) >= 11 is 0. The minimum atomic E-state index is 0.0358. The minimum absolute atomic E-state index is 0.0358. The van der Waals surface area contributed by atoms with Crippen LogP contribution in [0.25, 0.3) is 0 Å². The molecule has 5 N–H and O–H groups in total. The quantitative estimate of drug-likeness (QED) is 0.437. The largest absolute Gasteiger partial charge is 0.398 e. The molecule has 0 fully saturated rings. The summed E-state index contributed by atoms with van der Waals surface area (Å²) < 4.78 is 0. The molecular weight excluding hydrogens is 234 g/mol. The number of para-hydroxylation sites is 1. The van der Waals surface area contributed by atoms with Crippen molar-refractivity contribution in [3.05, 3.63) is 65.2 Å². The summed E-state index contributed by atoms with van der Waals surface area (Å²) in [5.41, 5.74) is 13.3. The molecule has 2 aromatic carbocycles. The molecule has 3 heteroatoms. The number of hydrogen-bond acceptors (Lipinski definition) is 3.